The Balaban J connectivity index is 1.39. The van der Waals surface area contributed by atoms with E-state index in [9.17, 15) is 9.59 Å². The van der Waals surface area contributed by atoms with Crippen LogP contribution in [-0.2, 0) is 32.3 Å². The molecule has 0 amide bonds. The summed E-state index contributed by atoms with van der Waals surface area (Å²) >= 11 is 0. The van der Waals surface area contributed by atoms with Crippen LogP contribution in [0.4, 0.5) is 0 Å². The summed E-state index contributed by atoms with van der Waals surface area (Å²) in [6.45, 7) is 13.9. The molecule has 0 aliphatic rings. The average Bonchev–Trinajstić information content (AvgIpc) is 3.46. The molecule has 0 saturated heterocycles. The molecule has 0 spiro atoms. The Bertz CT molecular complexity index is 1550. The second kappa shape index (κ2) is 15.1. The summed E-state index contributed by atoms with van der Waals surface area (Å²) in [7, 11) is -1.23. The second-order valence-corrected chi connectivity index (χ2v) is 18.3. The van der Waals surface area contributed by atoms with Crippen LogP contribution in [0.1, 0.15) is 36.8 Å². The minimum atomic E-state index is -1.23. The fraction of sp³-hybridized carbons (Fsp3) is 0.371. The molecule has 0 bridgehead atoms. The second-order valence-electron chi connectivity index (χ2n) is 12.7. The van der Waals surface area contributed by atoms with Crippen molar-refractivity contribution < 1.29 is 28.5 Å². The molecule has 4 rings (SSSR count). The minimum Gasteiger partial charge on any atom is -0.492 e. The van der Waals surface area contributed by atoms with Crippen molar-refractivity contribution in [1.82, 2.24) is 14.5 Å². The van der Waals surface area contributed by atoms with Gasteiger partial charge >= 0.3 is 11.9 Å². The van der Waals surface area contributed by atoms with Gasteiger partial charge in [-0.3, -0.25) is 9.78 Å². The molecule has 0 radical (unpaired) electrons. The van der Waals surface area contributed by atoms with Gasteiger partial charge in [0.1, 0.15) is 31.5 Å². The van der Waals surface area contributed by atoms with Gasteiger partial charge < -0.3 is 23.5 Å². The van der Waals surface area contributed by atoms with E-state index in [2.05, 4.69) is 29.6 Å². The summed E-state index contributed by atoms with van der Waals surface area (Å²) in [4.78, 5) is 34.3. The topological polar surface area (TPSA) is 102 Å². The molecule has 0 saturated carbocycles. The largest absolute Gasteiger partial charge is 0.492 e. The maximum Gasteiger partial charge on any atom is 0.358 e. The van der Waals surface area contributed by atoms with Gasteiger partial charge in [0.15, 0.2) is 5.69 Å². The number of rotatable bonds is 15. The predicted molar refractivity (Wildman–Crippen MR) is 176 cm³/mol. The van der Waals surface area contributed by atoms with Crippen molar-refractivity contribution >= 4 is 20.0 Å². The first-order valence-electron chi connectivity index (χ1n) is 15.2. The highest BCUT2D eigenvalue weighted by Crippen LogP contribution is 2.26. The molecular formula is C35H43N3O6Si. The first-order chi connectivity index (χ1) is 21.4. The summed E-state index contributed by atoms with van der Waals surface area (Å²) in [6, 6.07) is 22.0. The molecule has 4 aromatic rings. The monoisotopic (exact) mass is 629 g/mol. The molecule has 9 nitrogen and oxygen atoms in total. The summed E-state index contributed by atoms with van der Waals surface area (Å²) in [5, 5.41) is 0. The maximum atomic E-state index is 12.7. The maximum absolute atomic E-state index is 12.7. The number of pyridine rings is 1. The van der Waals surface area contributed by atoms with Crippen molar-refractivity contribution in [3.05, 3.63) is 90.4 Å². The summed E-state index contributed by atoms with van der Waals surface area (Å²) < 4.78 is 24.4. The number of aromatic nitrogens is 3. The lowest BCUT2D eigenvalue weighted by molar-refractivity contribution is -0.157. The molecular weight excluding hydrogens is 586 g/mol. The zero-order valence-electron chi connectivity index (χ0n) is 27.0. The normalized spacial score (nSPS) is 11.7. The van der Waals surface area contributed by atoms with Crippen LogP contribution in [0.2, 0.25) is 25.7 Å². The van der Waals surface area contributed by atoms with E-state index < -0.39 is 19.5 Å². The van der Waals surface area contributed by atoms with Crippen molar-refractivity contribution in [3.63, 3.8) is 0 Å². The Morgan fingerprint density at radius 1 is 0.911 bits per heavy atom. The van der Waals surface area contributed by atoms with Crippen LogP contribution in [0.15, 0.2) is 79.1 Å². The Morgan fingerprint density at radius 2 is 1.62 bits per heavy atom. The van der Waals surface area contributed by atoms with Gasteiger partial charge in [-0.05, 0) is 68.8 Å². The Labute approximate surface area is 266 Å². The Kier molecular flexibility index (Phi) is 11.3. The number of ether oxygens (including phenoxy) is 4. The van der Waals surface area contributed by atoms with Crippen molar-refractivity contribution in [2.24, 2.45) is 5.41 Å². The average molecular weight is 630 g/mol. The highest BCUT2D eigenvalue weighted by atomic mass is 28.3. The van der Waals surface area contributed by atoms with E-state index in [1.54, 1.807) is 33.2 Å². The fourth-order valence-electron chi connectivity index (χ4n) is 4.25. The third kappa shape index (κ3) is 9.86. The number of imidazole rings is 1. The lowest BCUT2D eigenvalue weighted by Gasteiger charge is -2.23. The van der Waals surface area contributed by atoms with Crippen LogP contribution in [0.25, 0.3) is 22.6 Å². The van der Waals surface area contributed by atoms with Gasteiger partial charge in [-0.1, -0.05) is 50.0 Å². The van der Waals surface area contributed by atoms with Gasteiger partial charge in [0, 0.05) is 38.2 Å². The Morgan fingerprint density at radius 3 is 2.27 bits per heavy atom. The first-order valence-corrected chi connectivity index (χ1v) is 18.9. The van der Waals surface area contributed by atoms with Gasteiger partial charge in [-0.15, -0.1) is 0 Å². The molecule has 0 aliphatic heterocycles. The SMILES string of the molecule is CCOC(=O)c1cn(COCC[Si](C)(C)C)c(-c2ccc(-c3ccc(OCC(C)(C)C(=O)OCc4ccccc4)cc3)nc2)n1. The van der Waals surface area contributed by atoms with E-state index in [-0.39, 0.29) is 38.2 Å². The van der Waals surface area contributed by atoms with Crippen LogP contribution in [-0.4, -0.2) is 54.4 Å². The zero-order valence-corrected chi connectivity index (χ0v) is 28.0. The predicted octanol–water partition coefficient (Wildman–Crippen LogP) is 7.25. The van der Waals surface area contributed by atoms with Crippen LogP contribution in [0.3, 0.4) is 0 Å². The van der Waals surface area contributed by atoms with Gasteiger partial charge in [0.05, 0.1) is 17.7 Å². The zero-order chi connectivity index (χ0) is 32.5. The van der Waals surface area contributed by atoms with E-state index in [1.165, 1.54) is 0 Å². The molecule has 10 heteroatoms. The number of benzene rings is 2. The molecule has 0 atom stereocenters. The molecule has 2 heterocycles. The molecule has 0 aliphatic carbocycles. The molecule has 2 aromatic carbocycles. The Hall–Kier alpha value is -4.28. The lowest BCUT2D eigenvalue weighted by Crippen LogP contribution is -2.32. The van der Waals surface area contributed by atoms with Gasteiger partial charge in [-0.25, -0.2) is 9.78 Å². The van der Waals surface area contributed by atoms with Gasteiger partial charge in [0.25, 0.3) is 0 Å². The molecule has 0 N–H and O–H groups in total. The van der Waals surface area contributed by atoms with Gasteiger partial charge in [-0.2, -0.15) is 0 Å². The summed E-state index contributed by atoms with van der Waals surface area (Å²) in [5.74, 6) is 0.431. The highest BCUT2D eigenvalue weighted by molar-refractivity contribution is 6.76. The van der Waals surface area contributed by atoms with E-state index in [0.717, 1.165) is 28.4 Å². The number of nitrogens with zero attached hydrogens (tertiary/aromatic N) is 3. The van der Waals surface area contributed by atoms with Crippen molar-refractivity contribution in [2.45, 2.75) is 59.8 Å². The molecule has 45 heavy (non-hydrogen) atoms. The number of hydrogen-bond donors (Lipinski definition) is 0. The van der Waals surface area contributed by atoms with Crippen LogP contribution in [0.5, 0.6) is 5.75 Å². The minimum absolute atomic E-state index is 0.176. The van der Waals surface area contributed by atoms with Gasteiger partial charge in [0.2, 0.25) is 0 Å². The number of hydrogen-bond acceptors (Lipinski definition) is 8. The quantitative estimate of drug-likeness (QED) is 0.0770. The summed E-state index contributed by atoms with van der Waals surface area (Å²) in [5.41, 5.74) is 2.78. The van der Waals surface area contributed by atoms with Crippen molar-refractivity contribution in [1.29, 1.82) is 0 Å². The molecule has 238 valence electrons. The molecule has 0 fully saturated rings. The fourth-order valence-corrected chi connectivity index (χ4v) is 5.01. The van der Waals surface area contributed by atoms with Crippen molar-refractivity contribution in [2.75, 3.05) is 19.8 Å². The first kappa shape index (κ1) is 33.6. The smallest absolute Gasteiger partial charge is 0.358 e. The van der Waals surface area contributed by atoms with E-state index >= 15 is 0 Å². The number of carbonyl (C=O) groups is 2. The third-order valence-electron chi connectivity index (χ3n) is 7.02. The highest BCUT2D eigenvalue weighted by Gasteiger charge is 2.30. The number of esters is 2. The van der Waals surface area contributed by atoms with E-state index in [1.807, 2.05) is 71.3 Å². The van der Waals surface area contributed by atoms with Crippen LogP contribution < -0.4 is 4.74 Å². The van der Waals surface area contributed by atoms with Crippen LogP contribution in [0, 0.1) is 5.41 Å². The van der Waals surface area contributed by atoms with Crippen LogP contribution >= 0.6 is 0 Å². The molecule has 2 aromatic heterocycles. The molecule has 0 unspecified atom stereocenters. The summed E-state index contributed by atoms with van der Waals surface area (Å²) in [6.07, 6.45) is 3.40. The van der Waals surface area contributed by atoms with E-state index in [0.29, 0.717) is 18.2 Å². The third-order valence-corrected chi connectivity index (χ3v) is 8.73. The lowest BCUT2D eigenvalue weighted by atomic mass is 9.95. The standard InChI is InChI=1S/C35H43N3O6Si/c1-7-42-33(39)31-22-38(25-41-19-20-45(4,5)6)32(37-31)28-15-18-30(36-21-28)27-13-16-29(17-14-27)44-24-35(2,3)34(40)43-23-26-11-9-8-10-12-26/h8-18,21-22H,7,19-20,23-25H2,1-6H3. The number of carbonyl (C=O) groups excluding carboxylic acids is 2. The van der Waals surface area contributed by atoms with Crippen molar-refractivity contribution in [3.8, 4) is 28.4 Å². The van der Waals surface area contributed by atoms with E-state index in [4.69, 9.17) is 18.9 Å².